The van der Waals surface area contributed by atoms with E-state index in [0.29, 0.717) is 18.0 Å². The van der Waals surface area contributed by atoms with Gasteiger partial charge in [-0.1, -0.05) is 20.8 Å². The van der Waals surface area contributed by atoms with Crippen LogP contribution in [0.1, 0.15) is 40.0 Å². The van der Waals surface area contributed by atoms with Gasteiger partial charge in [0.1, 0.15) is 0 Å². The van der Waals surface area contributed by atoms with Crippen molar-refractivity contribution in [3.63, 3.8) is 0 Å². The first-order chi connectivity index (χ1) is 7.26. The fraction of sp³-hybridized carbons (Fsp3) is 0.917. The highest BCUT2D eigenvalue weighted by Gasteiger charge is 2.40. The summed E-state index contributed by atoms with van der Waals surface area (Å²) >= 11 is 0. The molecule has 1 aliphatic carbocycles. The van der Waals surface area contributed by atoms with Crippen LogP contribution in [0, 0.1) is 10.8 Å². The maximum Gasteiger partial charge on any atom is 0.312 e. The molecule has 4 nitrogen and oxygen atoms in total. The van der Waals surface area contributed by atoms with Crippen LogP contribution in [0.2, 0.25) is 0 Å². The largest absolute Gasteiger partial charge is 0.352 e. The van der Waals surface area contributed by atoms with Gasteiger partial charge in [0.15, 0.2) is 0 Å². The number of rotatable bonds is 3. The monoisotopic (exact) mass is 227 g/mol. The highest BCUT2D eigenvalue weighted by molar-refractivity contribution is 5.71. The van der Waals surface area contributed by atoms with Gasteiger partial charge in [0.25, 0.3) is 0 Å². The predicted molar refractivity (Wildman–Crippen MR) is 66.2 cm³/mol. The molecule has 1 fully saturated rings. The highest BCUT2D eigenvalue weighted by atomic mass is 16.2. The van der Waals surface area contributed by atoms with E-state index >= 15 is 0 Å². The number of amides is 2. The second-order valence-corrected chi connectivity index (χ2v) is 6.26. The van der Waals surface area contributed by atoms with Crippen molar-refractivity contribution in [1.82, 2.24) is 10.6 Å². The van der Waals surface area contributed by atoms with Gasteiger partial charge in [-0.2, -0.15) is 0 Å². The minimum Gasteiger partial charge on any atom is -0.352 e. The van der Waals surface area contributed by atoms with Crippen LogP contribution < -0.4 is 16.4 Å². The molecule has 2 unspecified atom stereocenters. The molecule has 0 aromatic heterocycles. The lowest BCUT2D eigenvalue weighted by molar-refractivity contribution is 0.0749. The lowest BCUT2D eigenvalue weighted by atomic mass is 9.62. The Morgan fingerprint density at radius 2 is 2.00 bits per heavy atom. The third-order valence-electron chi connectivity index (χ3n) is 3.54. The van der Waals surface area contributed by atoms with Crippen LogP contribution in [0.3, 0.4) is 0 Å². The Morgan fingerprint density at radius 1 is 1.38 bits per heavy atom. The first-order valence-corrected chi connectivity index (χ1v) is 5.97. The van der Waals surface area contributed by atoms with Crippen molar-refractivity contribution in [2.45, 2.75) is 46.1 Å². The molecule has 94 valence electrons. The number of carbonyl (C=O) groups is 1. The minimum atomic E-state index is -0.425. The Morgan fingerprint density at radius 3 is 2.50 bits per heavy atom. The summed E-state index contributed by atoms with van der Waals surface area (Å²) in [7, 11) is 2.01. The van der Waals surface area contributed by atoms with Gasteiger partial charge >= 0.3 is 6.03 Å². The Labute approximate surface area is 98.3 Å². The van der Waals surface area contributed by atoms with E-state index in [2.05, 4.69) is 31.4 Å². The summed E-state index contributed by atoms with van der Waals surface area (Å²) in [5.41, 5.74) is 5.60. The molecule has 0 spiro atoms. The van der Waals surface area contributed by atoms with Gasteiger partial charge in [-0.15, -0.1) is 0 Å². The van der Waals surface area contributed by atoms with Crippen LogP contribution in [0.15, 0.2) is 0 Å². The van der Waals surface area contributed by atoms with Crippen LogP contribution in [-0.2, 0) is 0 Å². The fourth-order valence-electron chi connectivity index (χ4n) is 3.27. The number of primary amides is 1. The van der Waals surface area contributed by atoms with E-state index in [9.17, 15) is 4.79 Å². The van der Waals surface area contributed by atoms with Crippen LogP contribution in [0.4, 0.5) is 4.79 Å². The number of urea groups is 1. The number of carbonyl (C=O) groups excluding carboxylic acids is 1. The molecule has 0 aromatic rings. The Bertz CT molecular complexity index is 265. The van der Waals surface area contributed by atoms with Crippen molar-refractivity contribution >= 4 is 6.03 Å². The van der Waals surface area contributed by atoms with E-state index in [1.165, 1.54) is 6.42 Å². The average molecular weight is 227 g/mol. The van der Waals surface area contributed by atoms with Gasteiger partial charge in [-0.05, 0) is 37.1 Å². The fourth-order valence-corrected chi connectivity index (χ4v) is 3.27. The average Bonchev–Trinajstić information content (AvgIpc) is 2.12. The van der Waals surface area contributed by atoms with Gasteiger partial charge in [0, 0.05) is 12.6 Å². The summed E-state index contributed by atoms with van der Waals surface area (Å²) in [6, 6.07) is 0.106. The number of hydrogen-bond donors (Lipinski definition) is 3. The molecule has 0 aliphatic heterocycles. The third-order valence-corrected chi connectivity index (χ3v) is 3.54. The van der Waals surface area contributed by atoms with Crippen molar-refractivity contribution < 1.29 is 4.79 Å². The van der Waals surface area contributed by atoms with Crippen LogP contribution >= 0.6 is 0 Å². The van der Waals surface area contributed by atoms with Gasteiger partial charge in [0.2, 0.25) is 0 Å². The Kier molecular flexibility index (Phi) is 3.84. The van der Waals surface area contributed by atoms with Gasteiger partial charge in [-0.3, -0.25) is 0 Å². The summed E-state index contributed by atoms with van der Waals surface area (Å²) in [5, 5.41) is 6.11. The molecule has 4 heteroatoms. The van der Waals surface area contributed by atoms with Gasteiger partial charge in [0.05, 0.1) is 0 Å². The summed E-state index contributed by atoms with van der Waals surface area (Å²) in [6.07, 6.45) is 3.40. The number of nitrogens with one attached hydrogen (secondary N) is 2. The zero-order valence-corrected chi connectivity index (χ0v) is 10.9. The first-order valence-electron chi connectivity index (χ1n) is 5.97. The molecule has 1 rings (SSSR count). The van der Waals surface area contributed by atoms with Gasteiger partial charge in [-0.25, -0.2) is 4.79 Å². The lowest BCUT2D eigenvalue weighted by Gasteiger charge is -2.46. The summed E-state index contributed by atoms with van der Waals surface area (Å²) in [5.74, 6) is 0. The molecule has 0 heterocycles. The van der Waals surface area contributed by atoms with E-state index < -0.39 is 6.03 Å². The smallest absolute Gasteiger partial charge is 0.312 e. The SMILES string of the molecule is CNC1CC(C)(C)CC(C)(CNC(N)=O)C1. The van der Waals surface area contributed by atoms with Crippen LogP contribution in [0.5, 0.6) is 0 Å². The quantitative estimate of drug-likeness (QED) is 0.683. The van der Waals surface area contributed by atoms with Crippen molar-refractivity contribution in [2.24, 2.45) is 16.6 Å². The Balaban J connectivity index is 2.66. The minimum absolute atomic E-state index is 0.143. The van der Waals surface area contributed by atoms with Crippen molar-refractivity contribution in [3.8, 4) is 0 Å². The molecule has 2 amide bonds. The second-order valence-electron chi connectivity index (χ2n) is 6.26. The van der Waals surface area contributed by atoms with E-state index in [0.717, 1.165) is 12.8 Å². The summed E-state index contributed by atoms with van der Waals surface area (Å²) < 4.78 is 0. The standard InChI is InChI=1S/C12H25N3O/c1-11(2)5-9(14-4)6-12(3,7-11)8-15-10(13)16/h9,14H,5-8H2,1-4H3,(H3,13,15,16). The van der Waals surface area contributed by atoms with Crippen molar-refractivity contribution in [1.29, 1.82) is 0 Å². The first kappa shape index (κ1) is 13.3. The molecule has 0 saturated heterocycles. The van der Waals surface area contributed by atoms with E-state index in [-0.39, 0.29) is 5.41 Å². The second kappa shape index (κ2) is 4.62. The van der Waals surface area contributed by atoms with Crippen molar-refractivity contribution in [2.75, 3.05) is 13.6 Å². The van der Waals surface area contributed by atoms with E-state index in [4.69, 9.17) is 5.73 Å². The number of hydrogen-bond acceptors (Lipinski definition) is 2. The predicted octanol–water partition coefficient (Wildman–Crippen LogP) is 1.46. The highest BCUT2D eigenvalue weighted by Crippen LogP contribution is 2.45. The molecule has 0 aromatic carbocycles. The van der Waals surface area contributed by atoms with Crippen LogP contribution in [0.25, 0.3) is 0 Å². The molecular weight excluding hydrogens is 202 g/mol. The van der Waals surface area contributed by atoms with E-state index in [1.807, 2.05) is 7.05 Å². The Hall–Kier alpha value is -0.770. The summed E-state index contributed by atoms with van der Waals surface area (Å²) in [4.78, 5) is 10.8. The molecule has 4 N–H and O–H groups in total. The topological polar surface area (TPSA) is 67.2 Å². The van der Waals surface area contributed by atoms with Crippen LogP contribution in [-0.4, -0.2) is 25.7 Å². The van der Waals surface area contributed by atoms with E-state index in [1.54, 1.807) is 0 Å². The zero-order valence-electron chi connectivity index (χ0n) is 10.9. The van der Waals surface area contributed by atoms with Gasteiger partial charge < -0.3 is 16.4 Å². The maximum absolute atomic E-state index is 10.8. The molecule has 1 aliphatic rings. The molecular formula is C12H25N3O. The lowest BCUT2D eigenvalue weighted by Crippen LogP contribution is -2.49. The van der Waals surface area contributed by atoms with Crippen molar-refractivity contribution in [3.05, 3.63) is 0 Å². The maximum atomic E-state index is 10.8. The molecule has 16 heavy (non-hydrogen) atoms. The summed E-state index contributed by atoms with van der Waals surface area (Å²) in [6.45, 7) is 7.48. The third kappa shape index (κ3) is 3.67. The number of nitrogens with two attached hydrogens (primary N) is 1. The normalized spacial score (nSPS) is 33.4. The molecule has 0 bridgehead atoms. The molecule has 2 atom stereocenters. The zero-order chi connectivity index (χ0) is 12.4. The molecule has 1 saturated carbocycles. The molecule has 0 radical (unpaired) electrons.